The molecule has 1 aromatic heterocycles. The highest BCUT2D eigenvalue weighted by molar-refractivity contribution is 5.90. The first-order valence-corrected chi connectivity index (χ1v) is 7.92. The predicted octanol–water partition coefficient (Wildman–Crippen LogP) is 4.22. The van der Waals surface area contributed by atoms with Crippen LogP contribution >= 0.6 is 12.4 Å². The molecule has 3 N–H and O–H groups in total. The standard InChI is InChI=1S/C20H19N3O2.ClH/c24-20(22-25)11-8-16-6-9-18(10-7-16)21-19-12-13-23(15-19)14-17-4-2-1-3-5-17;/h1-13,15,21,25H,14H2,(H,22,24);1H/b11-8+;. The van der Waals surface area contributed by atoms with Gasteiger partial charge in [0.05, 0.1) is 5.69 Å². The lowest BCUT2D eigenvalue weighted by Gasteiger charge is -2.05. The van der Waals surface area contributed by atoms with Crippen molar-refractivity contribution in [3.8, 4) is 0 Å². The van der Waals surface area contributed by atoms with E-state index < -0.39 is 5.91 Å². The van der Waals surface area contributed by atoms with Crippen molar-refractivity contribution in [3.63, 3.8) is 0 Å². The van der Waals surface area contributed by atoms with E-state index in [4.69, 9.17) is 5.21 Å². The van der Waals surface area contributed by atoms with Gasteiger partial charge >= 0.3 is 0 Å². The fourth-order valence-corrected chi connectivity index (χ4v) is 2.46. The van der Waals surface area contributed by atoms with E-state index in [0.717, 1.165) is 23.5 Å². The Labute approximate surface area is 158 Å². The van der Waals surface area contributed by atoms with Crippen molar-refractivity contribution in [2.24, 2.45) is 0 Å². The van der Waals surface area contributed by atoms with E-state index >= 15 is 0 Å². The van der Waals surface area contributed by atoms with E-state index in [2.05, 4.69) is 28.2 Å². The summed E-state index contributed by atoms with van der Waals surface area (Å²) in [5, 5.41) is 11.8. The van der Waals surface area contributed by atoms with Crippen molar-refractivity contribution in [3.05, 3.63) is 90.3 Å². The van der Waals surface area contributed by atoms with Crippen molar-refractivity contribution >= 4 is 35.8 Å². The van der Waals surface area contributed by atoms with Gasteiger partial charge in [-0.1, -0.05) is 42.5 Å². The molecule has 0 saturated carbocycles. The normalized spacial score (nSPS) is 10.3. The van der Waals surface area contributed by atoms with Gasteiger partial charge in [-0.15, -0.1) is 12.4 Å². The Morgan fingerprint density at radius 3 is 2.42 bits per heavy atom. The average Bonchev–Trinajstić information content (AvgIpc) is 3.08. The molecule has 0 aliphatic carbocycles. The Hall–Kier alpha value is -3.02. The van der Waals surface area contributed by atoms with Gasteiger partial charge in [-0.3, -0.25) is 10.0 Å². The molecule has 0 atom stereocenters. The van der Waals surface area contributed by atoms with Crippen LogP contribution in [0.2, 0.25) is 0 Å². The number of amides is 1. The van der Waals surface area contributed by atoms with Crippen LogP contribution in [-0.4, -0.2) is 15.7 Å². The lowest BCUT2D eigenvalue weighted by atomic mass is 10.2. The SMILES string of the molecule is Cl.O=C(/C=C/c1ccc(Nc2ccn(Cc3ccccc3)c2)cc1)NO. The van der Waals surface area contributed by atoms with Crippen LogP contribution in [0, 0.1) is 0 Å². The highest BCUT2D eigenvalue weighted by Gasteiger charge is 1.99. The van der Waals surface area contributed by atoms with E-state index in [1.807, 2.05) is 54.7 Å². The van der Waals surface area contributed by atoms with Gasteiger partial charge in [0.1, 0.15) is 0 Å². The van der Waals surface area contributed by atoms with E-state index in [1.54, 1.807) is 11.6 Å². The number of halogens is 1. The largest absolute Gasteiger partial charge is 0.354 e. The van der Waals surface area contributed by atoms with Crippen molar-refractivity contribution < 1.29 is 10.0 Å². The van der Waals surface area contributed by atoms with Gasteiger partial charge in [0.25, 0.3) is 5.91 Å². The number of carbonyl (C=O) groups excluding carboxylic acids is 1. The molecule has 1 amide bonds. The third-order valence-electron chi connectivity index (χ3n) is 3.70. The molecule has 0 aliphatic heterocycles. The zero-order chi connectivity index (χ0) is 17.5. The molecule has 0 unspecified atom stereocenters. The molecular weight excluding hydrogens is 350 g/mol. The monoisotopic (exact) mass is 369 g/mol. The maximum Gasteiger partial charge on any atom is 0.267 e. The average molecular weight is 370 g/mol. The molecule has 26 heavy (non-hydrogen) atoms. The Bertz CT molecular complexity index is 858. The first-order chi connectivity index (χ1) is 12.2. The number of carbonyl (C=O) groups is 1. The lowest BCUT2D eigenvalue weighted by Crippen LogP contribution is -2.14. The third-order valence-corrected chi connectivity index (χ3v) is 3.70. The van der Waals surface area contributed by atoms with Gasteiger partial charge in [0.15, 0.2) is 0 Å². The second-order valence-corrected chi connectivity index (χ2v) is 5.61. The molecular formula is C20H20ClN3O2. The molecule has 0 saturated heterocycles. The zero-order valence-corrected chi connectivity index (χ0v) is 14.8. The maximum absolute atomic E-state index is 11.0. The van der Waals surface area contributed by atoms with Crippen LogP contribution in [0.1, 0.15) is 11.1 Å². The van der Waals surface area contributed by atoms with E-state index in [-0.39, 0.29) is 12.4 Å². The lowest BCUT2D eigenvalue weighted by molar-refractivity contribution is -0.124. The summed E-state index contributed by atoms with van der Waals surface area (Å²) in [7, 11) is 0. The zero-order valence-electron chi connectivity index (χ0n) is 14.0. The van der Waals surface area contributed by atoms with Gasteiger partial charge in [0.2, 0.25) is 0 Å². The number of benzene rings is 2. The number of hydroxylamine groups is 1. The van der Waals surface area contributed by atoms with Crippen LogP contribution in [0.3, 0.4) is 0 Å². The first-order valence-electron chi connectivity index (χ1n) is 7.92. The quantitative estimate of drug-likeness (QED) is 0.346. The molecule has 2 aromatic carbocycles. The van der Waals surface area contributed by atoms with Gasteiger partial charge < -0.3 is 9.88 Å². The molecule has 3 aromatic rings. The fourth-order valence-electron chi connectivity index (χ4n) is 2.46. The molecule has 3 rings (SSSR count). The van der Waals surface area contributed by atoms with Crippen LogP contribution in [0.4, 0.5) is 11.4 Å². The van der Waals surface area contributed by atoms with Crippen LogP contribution in [0.15, 0.2) is 79.1 Å². The summed E-state index contributed by atoms with van der Waals surface area (Å²) >= 11 is 0. The van der Waals surface area contributed by atoms with E-state index in [9.17, 15) is 4.79 Å². The summed E-state index contributed by atoms with van der Waals surface area (Å²) < 4.78 is 2.13. The third kappa shape index (κ3) is 5.51. The molecule has 134 valence electrons. The van der Waals surface area contributed by atoms with Crippen LogP contribution in [0.5, 0.6) is 0 Å². The van der Waals surface area contributed by atoms with Crippen molar-refractivity contribution in [1.29, 1.82) is 0 Å². The smallest absolute Gasteiger partial charge is 0.267 e. The Kier molecular flexibility index (Phi) is 7.02. The summed E-state index contributed by atoms with van der Waals surface area (Å²) in [4.78, 5) is 11.0. The number of hydrogen-bond acceptors (Lipinski definition) is 3. The number of nitrogens with zero attached hydrogens (tertiary/aromatic N) is 1. The van der Waals surface area contributed by atoms with Crippen molar-refractivity contribution in [2.45, 2.75) is 6.54 Å². The number of anilines is 2. The summed E-state index contributed by atoms with van der Waals surface area (Å²) in [6.45, 7) is 0.833. The van der Waals surface area contributed by atoms with Gasteiger partial charge in [0, 0.05) is 30.7 Å². The molecule has 1 heterocycles. The second-order valence-electron chi connectivity index (χ2n) is 5.61. The topological polar surface area (TPSA) is 66.3 Å². The highest BCUT2D eigenvalue weighted by Crippen LogP contribution is 2.18. The highest BCUT2D eigenvalue weighted by atomic mass is 35.5. The minimum absolute atomic E-state index is 0. The fraction of sp³-hybridized carbons (Fsp3) is 0.0500. The van der Waals surface area contributed by atoms with Crippen LogP contribution < -0.4 is 10.8 Å². The summed E-state index contributed by atoms with van der Waals surface area (Å²) in [6, 6.07) is 20.0. The van der Waals surface area contributed by atoms with Gasteiger partial charge in [-0.2, -0.15) is 0 Å². The molecule has 6 heteroatoms. The molecule has 0 spiro atoms. The van der Waals surface area contributed by atoms with Gasteiger partial charge in [-0.25, -0.2) is 5.48 Å². The van der Waals surface area contributed by atoms with Crippen molar-refractivity contribution in [1.82, 2.24) is 10.0 Å². The summed E-state index contributed by atoms with van der Waals surface area (Å²) in [6.07, 6.45) is 7.00. The first kappa shape index (κ1) is 19.3. The number of nitrogens with one attached hydrogen (secondary N) is 2. The Morgan fingerprint density at radius 2 is 1.73 bits per heavy atom. The van der Waals surface area contributed by atoms with E-state index in [1.165, 1.54) is 11.6 Å². The summed E-state index contributed by atoms with van der Waals surface area (Å²) in [5.41, 5.74) is 5.66. The molecule has 0 fully saturated rings. The van der Waals surface area contributed by atoms with Crippen LogP contribution in [-0.2, 0) is 11.3 Å². The van der Waals surface area contributed by atoms with Crippen LogP contribution in [0.25, 0.3) is 6.08 Å². The minimum Gasteiger partial charge on any atom is -0.354 e. The number of rotatable bonds is 6. The number of aromatic nitrogens is 1. The minimum atomic E-state index is -0.554. The van der Waals surface area contributed by atoms with Gasteiger partial charge in [-0.05, 0) is 35.4 Å². The van der Waals surface area contributed by atoms with Crippen molar-refractivity contribution in [2.75, 3.05) is 5.32 Å². The maximum atomic E-state index is 11.0. The molecule has 0 bridgehead atoms. The molecule has 0 aliphatic rings. The molecule has 5 nitrogen and oxygen atoms in total. The second kappa shape index (κ2) is 9.46. The predicted molar refractivity (Wildman–Crippen MR) is 106 cm³/mol. The number of hydrogen-bond donors (Lipinski definition) is 3. The Morgan fingerprint density at radius 1 is 1.00 bits per heavy atom. The summed E-state index contributed by atoms with van der Waals surface area (Å²) in [5.74, 6) is -0.554. The Balaban J connectivity index is 0.00000243. The molecule has 0 radical (unpaired) electrons. The van der Waals surface area contributed by atoms with E-state index in [0.29, 0.717) is 0 Å².